The SMILES string of the molecule is CC1Cc2cc(S(N)(=O)=O)ccc2N1C(=O)COC(=O)c1cc2sc(N(C)C)nc2s1. The van der Waals surface area contributed by atoms with Crippen LogP contribution < -0.4 is 14.9 Å². The number of amides is 1. The van der Waals surface area contributed by atoms with Gasteiger partial charge in [0.15, 0.2) is 11.7 Å². The van der Waals surface area contributed by atoms with Crippen molar-refractivity contribution in [1.82, 2.24) is 4.98 Å². The molecule has 1 unspecified atom stereocenters. The lowest BCUT2D eigenvalue weighted by Crippen LogP contribution is -2.38. The topological polar surface area (TPSA) is 123 Å². The summed E-state index contributed by atoms with van der Waals surface area (Å²) < 4.78 is 29.3. The fraction of sp³-hybridized carbons (Fsp3) is 0.316. The van der Waals surface area contributed by atoms with Gasteiger partial charge < -0.3 is 14.5 Å². The highest BCUT2D eigenvalue weighted by Crippen LogP contribution is 2.35. The van der Waals surface area contributed by atoms with Crippen LogP contribution in [0.5, 0.6) is 0 Å². The Morgan fingerprint density at radius 2 is 2.03 bits per heavy atom. The van der Waals surface area contributed by atoms with E-state index in [1.54, 1.807) is 12.1 Å². The van der Waals surface area contributed by atoms with Crippen molar-refractivity contribution >= 4 is 64.9 Å². The minimum Gasteiger partial charge on any atom is -0.451 e. The third kappa shape index (κ3) is 4.15. The number of nitrogens with zero attached hydrogens (tertiary/aromatic N) is 3. The van der Waals surface area contributed by atoms with Gasteiger partial charge >= 0.3 is 5.97 Å². The minimum atomic E-state index is -3.82. The maximum Gasteiger partial charge on any atom is 0.348 e. The number of primary sulfonamides is 1. The second-order valence-electron chi connectivity index (χ2n) is 7.40. The Morgan fingerprint density at radius 3 is 2.68 bits per heavy atom. The van der Waals surface area contributed by atoms with E-state index < -0.39 is 22.6 Å². The van der Waals surface area contributed by atoms with Crippen molar-refractivity contribution in [2.24, 2.45) is 5.14 Å². The number of rotatable bonds is 5. The zero-order chi connectivity index (χ0) is 22.5. The van der Waals surface area contributed by atoms with E-state index in [9.17, 15) is 18.0 Å². The van der Waals surface area contributed by atoms with E-state index in [2.05, 4.69) is 4.98 Å². The van der Waals surface area contributed by atoms with Crippen LogP contribution in [0.15, 0.2) is 29.2 Å². The predicted molar refractivity (Wildman–Crippen MR) is 121 cm³/mol. The number of esters is 1. The molecule has 0 saturated carbocycles. The third-order valence-corrected chi connectivity index (χ3v) is 8.07. The van der Waals surface area contributed by atoms with Crippen LogP contribution in [-0.2, 0) is 26.0 Å². The maximum absolute atomic E-state index is 12.8. The molecule has 1 atom stereocenters. The van der Waals surface area contributed by atoms with E-state index in [4.69, 9.17) is 9.88 Å². The average Bonchev–Trinajstić information content (AvgIpc) is 3.34. The summed E-state index contributed by atoms with van der Waals surface area (Å²) in [5.41, 5.74) is 1.30. The maximum atomic E-state index is 12.8. The van der Waals surface area contributed by atoms with Crippen molar-refractivity contribution in [1.29, 1.82) is 0 Å². The number of thiophene rings is 1. The molecular formula is C19H20N4O5S3. The molecule has 0 saturated heterocycles. The van der Waals surface area contributed by atoms with Crippen LogP contribution >= 0.6 is 22.7 Å². The molecule has 1 aromatic carbocycles. The largest absolute Gasteiger partial charge is 0.451 e. The van der Waals surface area contributed by atoms with Crippen molar-refractivity contribution < 1.29 is 22.7 Å². The van der Waals surface area contributed by atoms with Crippen LogP contribution in [0.4, 0.5) is 10.8 Å². The number of ether oxygens (including phenoxy) is 1. The first-order valence-electron chi connectivity index (χ1n) is 9.27. The molecule has 3 heterocycles. The fourth-order valence-electron chi connectivity index (χ4n) is 3.45. The quantitative estimate of drug-likeness (QED) is 0.555. The van der Waals surface area contributed by atoms with Crippen molar-refractivity contribution in [2.75, 3.05) is 30.5 Å². The first-order chi connectivity index (χ1) is 14.5. The molecule has 31 heavy (non-hydrogen) atoms. The van der Waals surface area contributed by atoms with Gasteiger partial charge in [0.2, 0.25) is 10.0 Å². The third-order valence-electron chi connectivity index (χ3n) is 4.85. The van der Waals surface area contributed by atoms with Crippen LogP contribution in [0, 0.1) is 0 Å². The van der Waals surface area contributed by atoms with Crippen LogP contribution in [0.1, 0.15) is 22.2 Å². The minimum absolute atomic E-state index is 0.00266. The summed E-state index contributed by atoms with van der Waals surface area (Å²) in [6, 6.07) is 5.93. The molecule has 0 fully saturated rings. The van der Waals surface area contributed by atoms with Crippen molar-refractivity contribution in [3.8, 4) is 0 Å². The number of carbonyl (C=O) groups is 2. The molecule has 0 radical (unpaired) electrons. The van der Waals surface area contributed by atoms with Crippen LogP contribution in [0.3, 0.4) is 0 Å². The Labute approximate surface area is 187 Å². The van der Waals surface area contributed by atoms with E-state index >= 15 is 0 Å². The van der Waals surface area contributed by atoms with Crippen molar-refractivity contribution in [3.05, 3.63) is 34.7 Å². The van der Waals surface area contributed by atoms with Gasteiger partial charge in [-0.05, 0) is 43.2 Å². The van der Waals surface area contributed by atoms with E-state index in [1.807, 2.05) is 25.9 Å². The number of anilines is 2. The predicted octanol–water partition coefficient (Wildman–Crippen LogP) is 2.21. The summed E-state index contributed by atoms with van der Waals surface area (Å²) in [7, 11) is -0.0258. The van der Waals surface area contributed by atoms with Gasteiger partial charge in [-0.15, -0.1) is 11.3 Å². The van der Waals surface area contributed by atoms with Gasteiger partial charge in [0.1, 0.15) is 9.71 Å². The molecule has 2 aromatic heterocycles. The number of nitrogens with two attached hydrogens (primary N) is 1. The summed E-state index contributed by atoms with van der Waals surface area (Å²) in [6.07, 6.45) is 0.486. The molecule has 164 valence electrons. The number of benzene rings is 1. The Bertz CT molecular complexity index is 1260. The molecule has 9 nitrogen and oxygen atoms in total. The van der Waals surface area contributed by atoms with E-state index in [-0.39, 0.29) is 16.8 Å². The van der Waals surface area contributed by atoms with Gasteiger partial charge in [0.05, 0.1) is 9.60 Å². The lowest BCUT2D eigenvalue weighted by atomic mass is 10.1. The summed E-state index contributed by atoms with van der Waals surface area (Å²) in [4.78, 5) is 34.2. The molecule has 4 rings (SSSR count). The summed E-state index contributed by atoms with van der Waals surface area (Å²) >= 11 is 2.70. The molecule has 0 aliphatic carbocycles. The van der Waals surface area contributed by atoms with Crippen LogP contribution in [0.25, 0.3) is 9.53 Å². The van der Waals surface area contributed by atoms with Gasteiger partial charge in [-0.3, -0.25) is 4.79 Å². The summed E-state index contributed by atoms with van der Waals surface area (Å²) in [5.74, 6) is -0.957. The first kappa shape index (κ1) is 21.7. The highest BCUT2D eigenvalue weighted by Gasteiger charge is 2.32. The van der Waals surface area contributed by atoms with Gasteiger partial charge in [-0.25, -0.2) is 23.3 Å². The van der Waals surface area contributed by atoms with Gasteiger partial charge in [0.25, 0.3) is 5.91 Å². The summed E-state index contributed by atoms with van der Waals surface area (Å²) in [6.45, 7) is 1.43. The number of sulfonamides is 1. The highest BCUT2D eigenvalue weighted by atomic mass is 32.2. The number of thiazole rings is 1. The van der Waals surface area contributed by atoms with Crippen LogP contribution in [0.2, 0.25) is 0 Å². The number of aromatic nitrogens is 1. The van der Waals surface area contributed by atoms with Crippen molar-refractivity contribution in [2.45, 2.75) is 24.3 Å². The molecular weight excluding hydrogens is 460 g/mol. The van der Waals surface area contributed by atoms with Gasteiger partial charge in [-0.2, -0.15) is 0 Å². The lowest BCUT2D eigenvalue weighted by molar-refractivity contribution is -0.122. The zero-order valence-corrected chi connectivity index (χ0v) is 19.4. The molecule has 3 aromatic rings. The van der Waals surface area contributed by atoms with E-state index in [1.165, 1.54) is 39.7 Å². The first-order valence-corrected chi connectivity index (χ1v) is 12.4. The number of hydrogen-bond acceptors (Lipinski definition) is 9. The lowest BCUT2D eigenvalue weighted by Gasteiger charge is -2.22. The summed E-state index contributed by atoms with van der Waals surface area (Å²) in [5, 5.41) is 6.04. The van der Waals surface area contributed by atoms with E-state index in [0.717, 1.165) is 14.7 Å². The molecule has 1 amide bonds. The molecule has 12 heteroatoms. The molecule has 0 bridgehead atoms. The molecule has 2 N–H and O–H groups in total. The Hall–Kier alpha value is -2.54. The number of carbonyl (C=O) groups excluding carboxylic acids is 2. The Kier molecular flexibility index (Phi) is 5.50. The van der Waals surface area contributed by atoms with Gasteiger partial charge in [-0.1, -0.05) is 11.3 Å². The smallest absolute Gasteiger partial charge is 0.348 e. The fourth-order valence-corrected chi connectivity index (χ4v) is 6.04. The van der Waals surface area contributed by atoms with E-state index in [0.29, 0.717) is 22.5 Å². The van der Waals surface area contributed by atoms with Crippen molar-refractivity contribution in [3.63, 3.8) is 0 Å². The standard InChI is InChI=1S/C19H20N4O5S3/c1-10-6-11-7-12(31(20,26)27)4-5-13(11)23(10)16(24)9-28-18(25)15-8-14-17(29-15)21-19(30-14)22(2)3/h4-5,7-8,10H,6,9H2,1-3H3,(H2,20,26,27). The second kappa shape index (κ2) is 7.86. The number of fused-ring (bicyclic) bond motifs is 2. The number of hydrogen-bond donors (Lipinski definition) is 1. The Morgan fingerprint density at radius 1 is 1.29 bits per heavy atom. The highest BCUT2D eigenvalue weighted by molar-refractivity contribution is 7.89. The molecule has 1 aliphatic rings. The van der Waals surface area contributed by atoms with Gasteiger partial charge in [0, 0.05) is 25.8 Å². The monoisotopic (exact) mass is 480 g/mol. The molecule has 0 spiro atoms. The normalized spacial score (nSPS) is 15.9. The van der Waals surface area contributed by atoms with Crippen LogP contribution in [-0.4, -0.2) is 52.0 Å². The average molecular weight is 481 g/mol. The Balaban J connectivity index is 1.45. The second-order valence-corrected chi connectivity index (χ2v) is 11.0. The molecule has 1 aliphatic heterocycles. The zero-order valence-electron chi connectivity index (χ0n) is 17.0.